The molecule has 0 aromatic heterocycles. The molecule has 0 unspecified atom stereocenters. The molecular weight excluding hydrogens is 268 g/mol. The van der Waals surface area contributed by atoms with Gasteiger partial charge in [-0.3, -0.25) is 4.79 Å². The van der Waals surface area contributed by atoms with E-state index >= 15 is 0 Å². The number of carbonyl (C=O) groups excluding carboxylic acids is 2. The first-order valence-electron chi connectivity index (χ1n) is 7.19. The van der Waals surface area contributed by atoms with Gasteiger partial charge in [0.15, 0.2) is 0 Å². The predicted octanol–water partition coefficient (Wildman–Crippen LogP) is 0.927. The fourth-order valence-electron chi connectivity index (χ4n) is 1.93. The van der Waals surface area contributed by atoms with Crippen LogP contribution in [0.3, 0.4) is 0 Å². The maximum atomic E-state index is 12.0. The zero-order valence-corrected chi connectivity index (χ0v) is 12.7. The Morgan fingerprint density at radius 3 is 2.24 bits per heavy atom. The third-order valence-electron chi connectivity index (χ3n) is 3.29. The van der Waals surface area contributed by atoms with Crippen molar-refractivity contribution in [1.29, 1.82) is 0 Å². The maximum Gasteiger partial charge on any atom is 0.312 e. The van der Waals surface area contributed by atoms with Crippen molar-refractivity contribution >= 4 is 11.9 Å². The Morgan fingerprint density at radius 2 is 1.71 bits per heavy atom. The number of rotatable bonds is 8. The Hall–Kier alpha value is -2.08. The van der Waals surface area contributed by atoms with Gasteiger partial charge in [-0.1, -0.05) is 26.0 Å². The average molecular weight is 292 g/mol. The monoisotopic (exact) mass is 292 g/mol. The van der Waals surface area contributed by atoms with Gasteiger partial charge in [-0.15, -0.1) is 0 Å². The summed E-state index contributed by atoms with van der Waals surface area (Å²) in [6.07, 6.45) is 0. The minimum Gasteiger partial charge on any atom is -0.352 e. The Kier molecular flexibility index (Phi) is 7.25. The van der Waals surface area contributed by atoms with E-state index in [0.717, 1.165) is 25.2 Å². The van der Waals surface area contributed by atoms with Gasteiger partial charge in [0, 0.05) is 25.2 Å². The van der Waals surface area contributed by atoms with Crippen LogP contribution in [0.1, 0.15) is 29.8 Å². The molecule has 1 aromatic carbocycles. The molecule has 6 heteroatoms. The lowest BCUT2D eigenvalue weighted by Gasteiger charge is -2.17. The minimum atomic E-state index is -0.562. The Labute approximate surface area is 125 Å². The van der Waals surface area contributed by atoms with E-state index < -0.39 is 6.03 Å². The first-order valence-corrected chi connectivity index (χ1v) is 7.19. The molecule has 0 saturated carbocycles. The molecule has 0 radical (unpaired) electrons. The molecule has 0 atom stereocenters. The molecule has 0 aliphatic carbocycles. The lowest BCUT2D eigenvalue weighted by Crippen LogP contribution is -2.34. The quantitative estimate of drug-likeness (QED) is 0.666. The van der Waals surface area contributed by atoms with Crippen molar-refractivity contribution in [2.45, 2.75) is 20.4 Å². The molecule has 0 heterocycles. The highest BCUT2D eigenvalue weighted by Gasteiger charge is 2.06. The van der Waals surface area contributed by atoms with Crippen molar-refractivity contribution in [3.05, 3.63) is 35.4 Å². The van der Waals surface area contributed by atoms with Crippen molar-refractivity contribution in [2.24, 2.45) is 5.73 Å². The van der Waals surface area contributed by atoms with Crippen molar-refractivity contribution < 1.29 is 9.59 Å². The van der Waals surface area contributed by atoms with E-state index in [0.29, 0.717) is 18.7 Å². The molecule has 0 spiro atoms. The summed E-state index contributed by atoms with van der Waals surface area (Å²) in [7, 11) is 0. The molecule has 0 saturated heterocycles. The summed E-state index contributed by atoms with van der Waals surface area (Å²) in [6, 6.07) is 6.52. The number of hydrogen-bond donors (Lipinski definition) is 3. The molecule has 6 nitrogen and oxygen atoms in total. The van der Waals surface area contributed by atoms with Gasteiger partial charge in [0.1, 0.15) is 0 Å². The van der Waals surface area contributed by atoms with E-state index in [4.69, 9.17) is 5.73 Å². The molecule has 1 rings (SSSR count). The van der Waals surface area contributed by atoms with E-state index in [1.165, 1.54) is 0 Å². The van der Waals surface area contributed by atoms with E-state index in [1.807, 2.05) is 0 Å². The summed E-state index contributed by atoms with van der Waals surface area (Å²) in [5, 5.41) is 5.40. The highest BCUT2D eigenvalue weighted by atomic mass is 16.2. The van der Waals surface area contributed by atoms with Crippen molar-refractivity contribution in [3.8, 4) is 0 Å². The van der Waals surface area contributed by atoms with Gasteiger partial charge in [-0.2, -0.15) is 0 Å². The summed E-state index contributed by atoms with van der Waals surface area (Å²) in [4.78, 5) is 24.8. The molecule has 0 bridgehead atoms. The number of amides is 3. The third kappa shape index (κ3) is 6.27. The van der Waals surface area contributed by atoms with Gasteiger partial charge >= 0.3 is 6.03 Å². The molecule has 4 N–H and O–H groups in total. The van der Waals surface area contributed by atoms with Gasteiger partial charge < -0.3 is 21.3 Å². The third-order valence-corrected chi connectivity index (χ3v) is 3.29. The van der Waals surface area contributed by atoms with E-state index in [1.54, 1.807) is 24.3 Å². The van der Waals surface area contributed by atoms with E-state index in [2.05, 4.69) is 29.4 Å². The predicted molar refractivity (Wildman–Crippen MR) is 83.0 cm³/mol. The second kappa shape index (κ2) is 8.97. The second-order valence-electron chi connectivity index (χ2n) is 4.70. The van der Waals surface area contributed by atoms with Crippen LogP contribution < -0.4 is 16.4 Å². The van der Waals surface area contributed by atoms with Crippen LogP contribution in [0.5, 0.6) is 0 Å². The lowest BCUT2D eigenvalue weighted by molar-refractivity contribution is 0.0949. The number of urea groups is 1. The molecule has 116 valence electrons. The summed E-state index contributed by atoms with van der Waals surface area (Å²) in [6.45, 7) is 8.00. The summed E-state index contributed by atoms with van der Waals surface area (Å²) in [5.74, 6) is -0.0865. The number of primary amides is 1. The minimum absolute atomic E-state index is 0.0865. The number of carbonyl (C=O) groups is 2. The van der Waals surface area contributed by atoms with Gasteiger partial charge in [0.05, 0.1) is 0 Å². The highest BCUT2D eigenvalue weighted by molar-refractivity contribution is 5.94. The van der Waals surface area contributed by atoms with Gasteiger partial charge in [0.25, 0.3) is 5.91 Å². The number of nitrogens with zero attached hydrogens (tertiary/aromatic N) is 1. The average Bonchev–Trinajstić information content (AvgIpc) is 2.50. The van der Waals surface area contributed by atoms with E-state index in [9.17, 15) is 9.59 Å². The number of benzene rings is 1. The summed E-state index contributed by atoms with van der Waals surface area (Å²) < 4.78 is 0. The largest absolute Gasteiger partial charge is 0.352 e. The fraction of sp³-hybridized carbons (Fsp3) is 0.467. The van der Waals surface area contributed by atoms with Crippen LogP contribution in [0, 0.1) is 0 Å². The van der Waals surface area contributed by atoms with Crippen molar-refractivity contribution in [3.63, 3.8) is 0 Å². The Morgan fingerprint density at radius 1 is 1.10 bits per heavy atom. The second-order valence-corrected chi connectivity index (χ2v) is 4.70. The Bertz CT molecular complexity index is 455. The van der Waals surface area contributed by atoms with Crippen LogP contribution in [0.15, 0.2) is 24.3 Å². The summed E-state index contributed by atoms with van der Waals surface area (Å²) >= 11 is 0. The normalized spacial score (nSPS) is 10.4. The molecule has 21 heavy (non-hydrogen) atoms. The van der Waals surface area contributed by atoms with Crippen LogP contribution >= 0.6 is 0 Å². The maximum absolute atomic E-state index is 12.0. The molecule has 0 aliphatic rings. The highest BCUT2D eigenvalue weighted by Crippen LogP contribution is 2.04. The number of hydrogen-bond acceptors (Lipinski definition) is 3. The zero-order valence-electron chi connectivity index (χ0n) is 12.7. The molecule has 0 fully saturated rings. The fourth-order valence-corrected chi connectivity index (χ4v) is 1.93. The van der Waals surface area contributed by atoms with Gasteiger partial charge in [0.2, 0.25) is 0 Å². The van der Waals surface area contributed by atoms with Crippen molar-refractivity contribution in [2.75, 3.05) is 26.2 Å². The SMILES string of the molecule is CCN(CC)CCNC(=O)c1ccc(CNC(N)=O)cc1. The molecule has 3 amide bonds. The number of nitrogens with one attached hydrogen (secondary N) is 2. The van der Waals surface area contributed by atoms with Gasteiger partial charge in [-0.05, 0) is 30.8 Å². The summed E-state index contributed by atoms with van der Waals surface area (Å²) in [5.41, 5.74) is 6.51. The van der Waals surface area contributed by atoms with E-state index in [-0.39, 0.29) is 5.91 Å². The topological polar surface area (TPSA) is 87.5 Å². The smallest absolute Gasteiger partial charge is 0.312 e. The van der Waals surface area contributed by atoms with Crippen LogP contribution in [-0.2, 0) is 6.54 Å². The lowest BCUT2D eigenvalue weighted by atomic mass is 10.1. The molecular formula is C15H24N4O2. The first-order chi connectivity index (χ1) is 10.1. The van der Waals surface area contributed by atoms with Crippen LogP contribution in [0.2, 0.25) is 0 Å². The molecule has 1 aromatic rings. The van der Waals surface area contributed by atoms with Crippen LogP contribution in [0.4, 0.5) is 4.79 Å². The number of likely N-dealkylation sites (N-methyl/N-ethyl adjacent to an activating group) is 1. The van der Waals surface area contributed by atoms with Crippen LogP contribution in [0.25, 0.3) is 0 Å². The Balaban J connectivity index is 2.42. The first kappa shape index (κ1) is 17.0. The standard InChI is InChI=1S/C15H24N4O2/c1-3-19(4-2)10-9-17-14(20)13-7-5-12(6-8-13)11-18-15(16)21/h5-8H,3-4,9-11H2,1-2H3,(H,17,20)(H3,16,18,21). The van der Waals surface area contributed by atoms with Crippen LogP contribution in [-0.4, -0.2) is 43.0 Å². The zero-order chi connectivity index (χ0) is 15.7. The van der Waals surface area contributed by atoms with Crippen molar-refractivity contribution in [1.82, 2.24) is 15.5 Å². The molecule has 0 aliphatic heterocycles. The van der Waals surface area contributed by atoms with Gasteiger partial charge in [-0.25, -0.2) is 4.79 Å². The number of nitrogens with two attached hydrogens (primary N) is 1.